The number of primary amides is 1. The van der Waals surface area contributed by atoms with Crippen molar-refractivity contribution >= 4 is 17.9 Å². The Balaban J connectivity index is 0. The smallest absolute Gasteiger partial charge is 0.404 e. The summed E-state index contributed by atoms with van der Waals surface area (Å²) in [7, 11) is 0. The Morgan fingerprint density at radius 3 is 2.08 bits per heavy atom. The summed E-state index contributed by atoms with van der Waals surface area (Å²) >= 11 is 1.82. The normalized spacial score (nSPS) is 7.77. The fraction of sp³-hybridized carbons (Fsp3) is 0.444. The maximum absolute atomic E-state index is 9.60. The van der Waals surface area contributed by atoms with Gasteiger partial charge in [-0.05, 0) is 6.92 Å². The summed E-state index contributed by atoms with van der Waals surface area (Å²) in [4.78, 5) is 9.60. The van der Waals surface area contributed by atoms with E-state index in [1.807, 2.05) is 23.9 Å². The molecule has 0 aromatic heterocycles. The summed E-state index contributed by atoms with van der Waals surface area (Å²) in [5.74, 6) is 2.07. The van der Waals surface area contributed by atoms with Crippen molar-refractivity contribution in [3.05, 3.63) is 25.3 Å². The third-order valence-corrected chi connectivity index (χ3v) is 1.70. The molecule has 76 valence electrons. The zero-order valence-electron chi connectivity index (χ0n) is 7.99. The predicted octanol–water partition coefficient (Wildman–Crippen LogP) is 2.19. The van der Waals surface area contributed by atoms with Crippen molar-refractivity contribution < 1.29 is 9.53 Å². The predicted molar refractivity (Wildman–Crippen MR) is 58.9 cm³/mol. The van der Waals surface area contributed by atoms with E-state index in [-0.39, 0.29) is 0 Å². The van der Waals surface area contributed by atoms with Gasteiger partial charge in [0.15, 0.2) is 0 Å². The van der Waals surface area contributed by atoms with Crippen LogP contribution >= 0.6 is 11.8 Å². The number of ether oxygens (including phenoxy) is 1. The number of hydrogen-bond donors (Lipinski definition) is 1. The van der Waals surface area contributed by atoms with Crippen LogP contribution in [0.3, 0.4) is 0 Å². The third-order valence-electron chi connectivity index (χ3n) is 0.758. The van der Waals surface area contributed by atoms with Crippen LogP contribution in [0.5, 0.6) is 0 Å². The SMILES string of the molecule is C=CCSCC=C.CCOC(N)=O. The molecule has 13 heavy (non-hydrogen) atoms. The first-order valence-electron chi connectivity index (χ1n) is 3.90. The Morgan fingerprint density at radius 2 is 1.92 bits per heavy atom. The first kappa shape index (κ1) is 14.6. The van der Waals surface area contributed by atoms with Gasteiger partial charge in [0, 0.05) is 11.5 Å². The van der Waals surface area contributed by atoms with Crippen LogP contribution in [-0.2, 0) is 4.74 Å². The minimum absolute atomic E-state index is 0.356. The van der Waals surface area contributed by atoms with Gasteiger partial charge < -0.3 is 10.5 Å². The van der Waals surface area contributed by atoms with Crippen LogP contribution in [0.2, 0.25) is 0 Å². The van der Waals surface area contributed by atoms with Crippen molar-refractivity contribution in [1.29, 1.82) is 0 Å². The summed E-state index contributed by atoms with van der Waals surface area (Å²) in [6.07, 6.45) is 3.08. The van der Waals surface area contributed by atoms with Crippen molar-refractivity contribution in [2.75, 3.05) is 18.1 Å². The molecule has 0 bridgehead atoms. The zero-order valence-corrected chi connectivity index (χ0v) is 8.81. The van der Waals surface area contributed by atoms with E-state index in [9.17, 15) is 4.79 Å². The van der Waals surface area contributed by atoms with Crippen molar-refractivity contribution in [3.8, 4) is 0 Å². The molecule has 0 unspecified atom stereocenters. The number of thioether (sulfide) groups is 1. The van der Waals surface area contributed by atoms with Gasteiger partial charge in [0.25, 0.3) is 0 Å². The van der Waals surface area contributed by atoms with Crippen molar-refractivity contribution in [3.63, 3.8) is 0 Å². The number of rotatable bonds is 5. The average Bonchev–Trinajstić information content (AvgIpc) is 2.06. The summed E-state index contributed by atoms with van der Waals surface area (Å²) in [6, 6.07) is 0. The monoisotopic (exact) mass is 203 g/mol. The molecule has 0 atom stereocenters. The minimum atomic E-state index is -0.711. The third kappa shape index (κ3) is 24.7. The maximum Gasteiger partial charge on any atom is 0.404 e. The van der Waals surface area contributed by atoms with Gasteiger partial charge >= 0.3 is 6.09 Å². The topological polar surface area (TPSA) is 52.3 Å². The van der Waals surface area contributed by atoms with E-state index in [0.29, 0.717) is 6.61 Å². The molecule has 0 aromatic carbocycles. The molecule has 0 aromatic rings. The zero-order chi connectivity index (χ0) is 10.5. The molecule has 2 N–H and O–H groups in total. The quantitative estimate of drug-likeness (QED) is 0.550. The number of hydrogen-bond acceptors (Lipinski definition) is 3. The molecule has 0 rings (SSSR count). The lowest BCUT2D eigenvalue weighted by Crippen LogP contribution is -2.11. The average molecular weight is 203 g/mol. The van der Waals surface area contributed by atoms with Crippen LogP contribution in [0.15, 0.2) is 25.3 Å². The molecule has 0 aliphatic rings. The van der Waals surface area contributed by atoms with Gasteiger partial charge in [-0.15, -0.1) is 13.2 Å². The van der Waals surface area contributed by atoms with Gasteiger partial charge in [0.1, 0.15) is 0 Å². The van der Waals surface area contributed by atoms with Crippen LogP contribution in [0.1, 0.15) is 6.92 Å². The highest BCUT2D eigenvalue weighted by Gasteiger charge is 1.82. The van der Waals surface area contributed by atoms with Crippen LogP contribution in [-0.4, -0.2) is 24.2 Å². The van der Waals surface area contributed by atoms with Crippen LogP contribution < -0.4 is 5.73 Å². The fourth-order valence-corrected chi connectivity index (χ4v) is 0.846. The van der Waals surface area contributed by atoms with Gasteiger partial charge in [0.2, 0.25) is 0 Å². The van der Waals surface area contributed by atoms with Gasteiger partial charge in [-0.2, -0.15) is 11.8 Å². The molecule has 0 heterocycles. The fourth-order valence-electron chi connectivity index (χ4n) is 0.377. The van der Waals surface area contributed by atoms with Crippen molar-refractivity contribution in [2.24, 2.45) is 5.73 Å². The molecular weight excluding hydrogens is 186 g/mol. The molecule has 0 aliphatic carbocycles. The molecule has 0 saturated carbocycles. The summed E-state index contributed by atoms with van der Waals surface area (Å²) in [5, 5.41) is 0. The molecule has 4 heteroatoms. The second-order valence-electron chi connectivity index (χ2n) is 1.87. The summed E-state index contributed by atoms with van der Waals surface area (Å²) < 4.78 is 4.18. The molecular formula is C9H17NO2S. The highest BCUT2D eigenvalue weighted by molar-refractivity contribution is 7.99. The standard InChI is InChI=1S/C6H10S.C3H7NO2/c1-3-5-7-6-4-2;1-2-6-3(4)5/h3-4H,1-2,5-6H2;2H2,1H3,(H2,4,5). The Kier molecular flexibility index (Phi) is 15.4. The molecule has 0 spiro atoms. The van der Waals surface area contributed by atoms with E-state index in [4.69, 9.17) is 0 Å². The maximum atomic E-state index is 9.60. The lowest BCUT2D eigenvalue weighted by atomic mass is 10.8. The van der Waals surface area contributed by atoms with E-state index < -0.39 is 6.09 Å². The van der Waals surface area contributed by atoms with Gasteiger partial charge in [-0.1, -0.05) is 12.2 Å². The summed E-state index contributed by atoms with van der Waals surface area (Å²) in [5.41, 5.74) is 4.54. The highest BCUT2D eigenvalue weighted by atomic mass is 32.2. The number of nitrogens with two attached hydrogens (primary N) is 1. The van der Waals surface area contributed by atoms with Gasteiger partial charge in [-0.3, -0.25) is 0 Å². The van der Waals surface area contributed by atoms with Crippen LogP contribution in [0.25, 0.3) is 0 Å². The Hall–Kier alpha value is -0.900. The Labute approximate surface area is 84.0 Å². The lowest BCUT2D eigenvalue weighted by molar-refractivity contribution is 0.163. The van der Waals surface area contributed by atoms with Gasteiger partial charge in [-0.25, -0.2) is 4.79 Å². The number of carbonyl (C=O) groups is 1. The molecule has 3 nitrogen and oxygen atoms in total. The van der Waals surface area contributed by atoms with E-state index in [1.165, 1.54) is 0 Å². The lowest BCUT2D eigenvalue weighted by Gasteiger charge is -1.89. The largest absolute Gasteiger partial charge is 0.450 e. The number of carbonyl (C=O) groups excluding carboxylic acids is 1. The van der Waals surface area contributed by atoms with Crippen molar-refractivity contribution in [1.82, 2.24) is 0 Å². The van der Waals surface area contributed by atoms with E-state index in [0.717, 1.165) is 11.5 Å². The second kappa shape index (κ2) is 13.7. The van der Waals surface area contributed by atoms with E-state index >= 15 is 0 Å². The Morgan fingerprint density at radius 1 is 1.46 bits per heavy atom. The number of amides is 1. The first-order valence-corrected chi connectivity index (χ1v) is 5.06. The first-order chi connectivity index (χ1) is 6.18. The van der Waals surface area contributed by atoms with E-state index in [1.54, 1.807) is 6.92 Å². The van der Waals surface area contributed by atoms with Gasteiger partial charge in [0.05, 0.1) is 6.61 Å². The minimum Gasteiger partial charge on any atom is -0.450 e. The summed E-state index contributed by atoms with van der Waals surface area (Å²) in [6.45, 7) is 9.21. The van der Waals surface area contributed by atoms with Crippen LogP contribution in [0.4, 0.5) is 4.79 Å². The van der Waals surface area contributed by atoms with E-state index in [2.05, 4.69) is 23.6 Å². The molecule has 1 amide bonds. The molecule has 0 aliphatic heterocycles. The molecule has 0 fully saturated rings. The van der Waals surface area contributed by atoms with Crippen LogP contribution in [0, 0.1) is 0 Å². The molecule has 0 saturated heterocycles. The highest BCUT2D eigenvalue weighted by Crippen LogP contribution is 1.97. The van der Waals surface area contributed by atoms with Crippen molar-refractivity contribution in [2.45, 2.75) is 6.92 Å². The second-order valence-corrected chi connectivity index (χ2v) is 2.94. The molecule has 0 radical (unpaired) electrons. The Bertz CT molecular complexity index is 141.